The molecule has 0 saturated carbocycles. The number of benzene rings is 3. The molecule has 3 aromatic carbocycles. The summed E-state index contributed by atoms with van der Waals surface area (Å²) in [4.78, 5) is 31.0. The molecule has 1 aliphatic heterocycles. The van der Waals surface area contributed by atoms with Crippen LogP contribution in [0.1, 0.15) is 28.3 Å². The highest BCUT2D eigenvalue weighted by Gasteiger charge is 2.46. The first-order valence-electron chi connectivity index (χ1n) is 11.6. The highest BCUT2D eigenvalue weighted by atomic mass is 19.1. The average molecular weight is 485 g/mol. The minimum Gasteiger partial charge on any atom is -0.507 e. The second kappa shape index (κ2) is 9.34. The fraction of sp³-hybridized carbons (Fsp3) is 0.172. The molecule has 1 atom stereocenters. The Bertz CT molecular complexity index is 1500. The molecule has 0 radical (unpaired) electrons. The number of carbonyl (C=O) groups is 2. The van der Waals surface area contributed by atoms with E-state index in [4.69, 9.17) is 4.74 Å². The van der Waals surface area contributed by atoms with E-state index in [1.807, 2.05) is 31.3 Å². The van der Waals surface area contributed by atoms with E-state index in [9.17, 15) is 19.1 Å². The van der Waals surface area contributed by atoms with E-state index in [-0.39, 0.29) is 23.4 Å². The van der Waals surface area contributed by atoms with E-state index in [2.05, 4.69) is 4.98 Å². The van der Waals surface area contributed by atoms with Crippen molar-refractivity contribution < 1.29 is 23.8 Å². The number of ether oxygens (including phenoxy) is 1. The number of nitrogens with one attached hydrogen (secondary N) is 1. The van der Waals surface area contributed by atoms with Gasteiger partial charge in [-0.25, -0.2) is 4.39 Å². The maximum Gasteiger partial charge on any atom is 0.295 e. The largest absolute Gasteiger partial charge is 0.507 e. The molecule has 1 amide bonds. The van der Waals surface area contributed by atoms with E-state index >= 15 is 0 Å². The number of halogens is 1. The number of fused-ring (bicyclic) bond motifs is 1. The number of hydrogen-bond acceptors (Lipinski definition) is 4. The molecular formula is C29H25FN2O4. The van der Waals surface area contributed by atoms with Gasteiger partial charge in [-0.2, -0.15) is 0 Å². The number of likely N-dealkylation sites (tertiary alicyclic amines) is 1. The maximum absolute atomic E-state index is 15.0. The third-order valence-electron chi connectivity index (χ3n) is 6.66. The first-order chi connectivity index (χ1) is 17.4. The molecule has 36 heavy (non-hydrogen) atoms. The number of aliphatic hydroxyl groups is 1. The number of carbonyl (C=O) groups excluding carboxylic acids is 2. The van der Waals surface area contributed by atoms with Crippen LogP contribution in [-0.4, -0.2) is 40.3 Å². The molecule has 0 aliphatic carbocycles. The smallest absolute Gasteiger partial charge is 0.295 e. The Balaban J connectivity index is 1.56. The molecule has 1 aliphatic rings. The lowest BCUT2D eigenvalue weighted by Gasteiger charge is -2.25. The van der Waals surface area contributed by atoms with Gasteiger partial charge in [0.1, 0.15) is 17.3 Å². The molecule has 6 nitrogen and oxygen atoms in total. The highest BCUT2D eigenvalue weighted by molar-refractivity contribution is 6.46. The first-order valence-corrected chi connectivity index (χ1v) is 11.6. The number of aromatic nitrogens is 1. The summed E-state index contributed by atoms with van der Waals surface area (Å²) >= 11 is 0. The molecule has 5 rings (SSSR count). The third-order valence-corrected chi connectivity index (χ3v) is 6.66. The molecule has 4 aromatic rings. The molecule has 182 valence electrons. The number of hydrogen-bond donors (Lipinski definition) is 2. The van der Waals surface area contributed by atoms with Crippen molar-refractivity contribution in [2.24, 2.45) is 0 Å². The molecule has 0 unspecified atom stereocenters. The lowest BCUT2D eigenvalue weighted by molar-refractivity contribution is -0.139. The van der Waals surface area contributed by atoms with Crippen LogP contribution in [0, 0.1) is 12.7 Å². The van der Waals surface area contributed by atoms with Gasteiger partial charge in [-0.3, -0.25) is 9.59 Å². The summed E-state index contributed by atoms with van der Waals surface area (Å²) in [5.41, 5.74) is 3.26. The summed E-state index contributed by atoms with van der Waals surface area (Å²) in [5.74, 6) is -1.77. The summed E-state index contributed by atoms with van der Waals surface area (Å²) < 4.78 is 20.3. The molecule has 1 aromatic heterocycles. The fourth-order valence-corrected chi connectivity index (χ4v) is 4.73. The minimum atomic E-state index is -1.05. The second-order valence-corrected chi connectivity index (χ2v) is 8.86. The maximum atomic E-state index is 15.0. The minimum absolute atomic E-state index is 0.116. The Morgan fingerprint density at radius 2 is 1.83 bits per heavy atom. The third kappa shape index (κ3) is 4.02. The number of Topliss-reactive ketones (excluding diaryl/α,β-unsaturated/α-hetero) is 1. The lowest BCUT2D eigenvalue weighted by atomic mass is 9.94. The Hall–Kier alpha value is -4.39. The van der Waals surface area contributed by atoms with Crippen molar-refractivity contribution in [3.8, 4) is 5.75 Å². The Labute approximate surface area is 207 Å². The summed E-state index contributed by atoms with van der Waals surface area (Å²) in [6.45, 7) is 2.06. The summed E-state index contributed by atoms with van der Waals surface area (Å²) in [6.07, 6.45) is 2.26. The number of aromatic amines is 1. The van der Waals surface area contributed by atoms with Crippen LogP contribution in [0.4, 0.5) is 4.39 Å². The zero-order chi connectivity index (χ0) is 25.4. The molecule has 1 saturated heterocycles. The highest BCUT2D eigenvalue weighted by Crippen LogP contribution is 2.40. The van der Waals surface area contributed by atoms with Crippen LogP contribution >= 0.6 is 0 Å². The Kier molecular flexibility index (Phi) is 6.06. The van der Waals surface area contributed by atoms with Gasteiger partial charge in [0.15, 0.2) is 0 Å². The monoisotopic (exact) mass is 484 g/mol. The topological polar surface area (TPSA) is 82.6 Å². The zero-order valence-corrected chi connectivity index (χ0v) is 19.9. The zero-order valence-electron chi connectivity index (χ0n) is 19.9. The van der Waals surface area contributed by atoms with Crippen LogP contribution in [0.5, 0.6) is 5.75 Å². The first kappa shape index (κ1) is 23.4. The SMILES string of the molecule is COc1ccc2[nH]cc(CCN3C(=O)C(=O)C(=C(O)c4ccc(C)cc4)[C@H]3c3ccccc3F)c2c1. The second-order valence-electron chi connectivity index (χ2n) is 8.86. The number of methoxy groups -OCH3 is 1. The van der Waals surface area contributed by atoms with Gasteiger partial charge in [0.2, 0.25) is 0 Å². The number of ketones is 1. The van der Waals surface area contributed by atoms with Gasteiger partial charge in [0.05, 0.1) is 18.7 Å². The van der Waals surface area contributed by atoms with Gasteiger partial charge in [-0.1, -0.05) is 48.0 Å². The van der Waals surface area contributed by atoms with Crippen molar-refractivity contribution in [3.05, 3.63) is 107 Å². The van der Waals surface area contributed by atoms with Crippen LogP contribution < -0.4 is 4.74 Å². The molecule has 0 bridgehead atoms. The average Bonchev–Trinajstić information content (AvgIpc) is 3.40. The normalized spacial score (nSPS) is 17.2. The molecule has 1 fully saturated rings. The molecular weight excluding hydrogens is 459 g/mol. The summed E-state index contributed by atoms with van der Waals surface area (Å²) in [7, 11) is 1.59. The number of rotatable bonds is 6. The number of amides is 1. The lowest BCUT2D eigenvalue weighted by Crippen LogP contribution is -2.32. The Morgan fingerprint density at radius 1 is 1.08 bits per heavy atom. The quantitative estimate of drug-likeness (QED) is 0.221. The number of nitrogens with zero attached hydrogens (tertiary/aromatic N) is 1. The van der Waals surface area contributed by atoms with Gasteiger partial charge in [0, 0.05) is 34.8 Å². The standard InChI is InChI=1S/C29H25FN2O4/c1-17-7-9-18(10-8-17)27(33)25-26(21-5-3-4-6-23(21)30)32(29(35)28(25)34)14-13-19-16-31-24-12-11-20(36-2)15-22(19)24/h3-12,15-16,26,31,33H,13-14H2,1-2H3/t26-/m1/s1. The van der Waals surface area contributed by atoms with E-state index in [0.29, 0.717) is 17.7 Å². The fourth-order valence-electron chi connectivity index (χ4n) is 4.73. The van der Waals surface area contributed by atoms with Crippen molar-refractivity contribution in [2.75, 3.05) is 13.7 Å². The molecule has 2 heterocycles. The molecule has 0 spiro atoms. The van der Waals surface area contributed by atoms with Crippen LogP contribution in [0.25, 0.3) is 16.7 Å². The van der Waals surface area contributed by atoms with Crippen molar-refractivity contribution in [3.63, 3.8) is 0 Å². The number of aryl methyl sites for hydroxylation is 1. The van der Waals surface area contributed by atoms with E-state index < -0.39 is 23.5 Å². The molecule has 7 heteroatoms. The van der Waals surface area contributed by atoms with Crippen molar-refractivity contribution in [1.82, 2.24) is 9.88 Å². The Morgan fingerprint density at radius 3 is 2.56 bits per heavy atom. The van der Waals surface area contributed by atoms with E-state index in [0.717, 1.165) is 22.0 Å². The van der Waals surface area contributed by atoms with Crippen LogP contribution in [-0.2, 0) is 16.0 Å². The summed E-state index contributed by atoms with van der Waals surface area (Å²) in [5, 5.41) is 12.1. The van der Waals surface area contributed by atoms with Gasteiger partial charge in [-0.05, 0) is 43.2 Å². The summed E-state index contributed by atoms with van der Waals surface area (Å²) in [6, 6.07) is 17.6. The van der Waals surface area contributed by atoms with Crippen molar-refractivity contribution in [2.45, 2.75) is 19.4 Å². The van der Waals surface area contributed by atoms with Gasteiger partial charge < -0.3 is 19.7 Å². The predicted molar refractivity (Wildman–Crippen MR) is 135 cm³/mol. The molecule has 2 N–H and O–H groups in total. The van der Waals surface area contributed by atoms with Gasteiger partial charge >= 0.3 is 0 Å². The van der Waals surface area contributed by atoms with E-state index in [1.165, 1.54) is 17.0 Å². The van der Waals surface area contributed by atoms with Crippen molar-refractivity contribution in [1.29, 1.82) is 0 Å². The van der Waals surface area contributed by atoms with E-state index in [1.54, 1.807) is 43.5 Å². The van der Waals surface area contributed by atoms with Gasteiger partial charge in [-0.15, -0.1) is 0 Å². The van der Waals surface area contributed by atoms with Crippen LogP contribution in [0.2, 0.25) is 0 Å². The number of aliphatic hydroxyl groups excluding tert-OH is 1. The number of H-pyrrole nitrogens is 1. The van der Waals surface area contributed by atoms with Crippen LogP contribution in [0.3, 0.4) is 0 Å². The van der Waals surface area contributed by atoms with Crippen molar-refractivity contribution >= 4 is 28.4 Å². The predicted octanol–water partition coefficient (Wildman–Crippen LogP) is 5.29. The van der Waals surface area contributed by atoms with Gasteiger partial charge in [0.25, 0.3) is 11.7 Å². The van der Waals surface area contributed by atoms with Crippen LogP contribution in [0.15, 0.2) is 78.5 Å².